The normalized spacial score (nSPS) is 22.9. The highest BCUT2D eigenvalue weighted by Crippen LogP contribution is 2.22. The predicted octanol–water partition coefficient (Wildman–Crippen LogP) is 1.34. The summed E-state index contributed by atoms with van der Waals surface area (Å²) in [6, 6.07) is 6.52. The topological polar surface area (TPSA) is 37.0 Å². The van der Waals surface area contributed by atoms with Gasteiger partial charge in [-0.1, -0.05) is 6.07 Å². The van der Waals surface area contributed by atoms with E-state index in [-0.39, 0.29) is 0 Å². The summed E-state index contributed by atoms with van der Waals surface area (Å²) in [4.78, 5) is 4.41. The number of aromatic nitrogens is 1. The van der Waals surface area contributed by atoms with E-state index >= 15 is 0 Å². The third kappa shape index (κ3) is 2.76. The van der Waals surface area contributed by atoms with Crippen LogP contribution >= 0.6 is 0 Å². The fourth-order valence-corrected chi connectivity index (χ4v) is 2.22. The van der Waals surface area contributed by atoms with Crippen LogP contribution in [0, 0.1) is 5.92 Å². The second-order valence-electron chi connectivity index (χ2n) is 4.19. The third-order valence-corrected chi connectivity index (χ3v) is 3.12. The van der Waals surface area contributed by atoms with Crippen LogP contribution in [0.2, 0.25) is 0 Å². The van der Waals surface area contributed by atoms with Gasteiger partial charge in [0.1, 0.15) is 0 Å². The Morgan fingerprint density at radius 2 is 2.53 bits per heavy atom. The van der Waals surface area contributed by atoms with Gasteiger partial charge in [-0.15, -0.1) is 0 Å². The highest BCUT2D eigenvalue weighted by atomic mass is 14.9. The first-order valence-corrected chi connectivity index (χ1v) is 5.69. The molecule has 2 N–H and O–H groups in total. The van der Waals surface area contributed by atoms with Crippen molar-refractivity contribution in [3.8, 4) is 0 Å². The van der Waals surface area contributed by atoms with Gasteiger partial charge in [-0.3, -0.25) is 4.98 Å². The highest BCUT2D eigenvalue weighted by molar-refractivity contribution is 5.08. The van der Waals surface area contributed by atoms with E-state index in [9.17, 15) is 0 Å². The molecular weight excluding hydrogens is 186 g/mol. The van der Waals surface area contributed by atoms with Gasteiger partial charge in [-0.2, -0.15) is 0 Å². The molecule has 0 amide bonds. The molecule has 2 rings (SSSR count). The molecule has 1 aromatic heterocycles. The first-order valence-electron chi connectivity index (χ1n) is 5.69. The van der Waals surface area contributed by atoms with E-state index in [0.29, 0.717) is 6.04 Å². The molecule has 1 aliphatic rings. The first kappa shape index (κ1) is 10.6. The van der Waals surface area contributed by atoms with Gasteiger partial charge >= 0.3 is 0 Å². The largest absolute Gasteiger partial charge is 0.316 e. The van der Waals surface area contributed by atoms with Gasteiger partial charge in [0, 0.05) is 12.2 Å². The molecule has 1 aliphatic heterocycles. The Morgan fingerprint density at radius 3 is 3.13 bits per heavy atom. The van der Waals surface area contributed by atoms with E-state index < -0.39 is 0 Å². The van der Waals surface area contributed by atoms with E-state index in [2.05, 4.69) is 27.8 Å². The molecule has 2 unspecified atom stereocenters. The fourth-order valence-electron chi connectivity index (χ4n) is 2.22. The minimum Gasteiger partial charge on any atom is -0.316 e. The average molecular weight is 205 g/mol. The van der Waals surface area contributed by atoms with Crippen LogP contribution in [0.5, 0.6) is 0 Å². The number of hydrogen-bond acceptors (Lipinski definition) is 3. The maximum Gasteiger partial charge on any atom is 0.0573 e. The van der Waals surface area contributed by atoms with Gasteiger partial charge in [0.2, 0.25) is 0 Å². The van der Waals surface area contributed by atoms with Crippen molar-refractivity contribution in [2.24, 2.45) is 5.92 Å². The highest BCUT2D eigenvalue weighted by Gasteiger charge is 2.20. The lowest BCUT2D eigenvalue weighted by atomic mass is 9.97. The van der Waals surface area contributed by atoms with Crippen LogP contribution in [0.15, 0.2) is 24.4 Å². The second-order valence-corrected chi connectivity index (χ2v) is 4.19. The van der Waals surface area contributed by atoms with Crippen LogP contribution in [-0.4, -0.2) is 25.1 Å². The molecule has 0 radical (unpaired) electrons. The van der Waals surface area contributed by atoms with Crippen molar-refractivity contribution in [3.05, 3.63) is 30.1 Å². The molecule has 0 saturated carbocycles. The van der Waals surface area contributed by atoms with Crippen LogP contribution in [-0.2, 0) is 0 Å². The zero-order valence-corrected chi connectivity index (χ0v) is 9.24. The smallest absolute Gasteiger partial charge is 0.0573 e. The Kier molecular flexibility index (Phi) is 3.69. The number of nitrogens with one attached hydrogen (secondary N) is 2. The van der Waals surface area contributed by atoms with Crippen LogP contribution in [0.4, 0.5) is 0 Å². The van der Waals surface area contributed by atoms with E-state index in [4.69, 9.17) is 0 Å². The van der Waals surface area contributed by atoms with E-state index in [1.54, 1.807) is 0 Å². The zero-order valence-electron chi connectivity index (χ0n) is 9.24. The quantitative estimate of drug-likeness (QED) is 0.779. The van der Waals surface area contributed by atoms with Gasteiger partial charge in [0.25, 0.3) is 0 Å². The molecule has 1 fully saturated rings. The van der Waals surface area contributed by atoms with Gasteiger partial charge < -0.3 is 10.6 Å². The van der Waals surface area contributed by atoms with E-state index in [0.717, 1.165) is 18.2 Å². The predicted molar refractivity (Wildman–Crippen MR) is 61.6 cm³/mol. The van der Waals surface area contributed by atoms with Crippen LogP contribution in [0.1, 0.15) is 24.6 Å². The third-order valence-electron chi connectivity index (χ3n) is 3.12. The lowest BCUT2D eigenvalue weighted by Gasteiger charge is -2.18. The summed E-state index contributed by atoms with van der Waals surface area (Å²) in [5.74, 6) is 0.796. The fraction of sp³-hybridized carbons (Fsp3) is 0.583. The summed E-state index contributed by atoms with van der Waals surface area (Å²) in [5.41, 5.74) is 1.16. The molecule has 2 heterocycles. The molecule has 0 aliphatic carbocycles. The molecule has 1 saturated heterocycles. The molecular formula is C12H19N3. The van der Waals surface area contributed by atoms with Crippen molar-refractivity contribution in [2.45, 2.75) is 18.9 Å². The number of rotatable bonds is 4. The molecule has 2 atom stereocenters. The standard InChI is InChI=1S/C12H19N3/c1-13-12(8-10-5-7-14-9-10)11-4-2-3-6-15-11/h2-4,6,10,12-14H,5,7-9H2,1H3. The Morgan fingerprint density at radius 1 is 1.60 bits per heavy atom. The number of hydrogen-bond donors (Lipinski definition) is 2. The molecule has 15 heavy (non-hydrogen) atoms. The van der Waals surface area contributed by atoms with E-state index in [1.165, 1.54) is 19.4 Å². The van der Waals surface area contributed by atoms with Crippen LogP contribution in [0.3, 0.4) is 0 Å². The van der Waals surface area contributed by atoms with Crippen LogP contribution in [0.25, 0.3) is 0 Å². The number of nitrogens with zero attached hydrogens (tertiary/aromatic N) is 1. The Bertz CT molecular complexity index is 280. The summed E-state index contributed by atoms with van der Waals surface area (Å²) in [6.45, 7) is 2.33. The van der Waals surface area contributed by atoms with Crippen molar-refractivity contribution in [3.63, 3.8) is 0 Å². The number of pyridine rings is 1. The Hall–Kier alpha value is -0.930. The second kappa shape index (κ2) is 5.24. The molecule has 0 aromatic carbocycles. The van der Waals surface area contributed by atoms with Crippen molar-refractivity contribution < 1.29 is 0 Å². The molecule has 0 spiro atoms. The summed E-state index contributed by atoms with van der Waals surface area (Å²) >= 11 is 0. The first-order chi connectivity index (χ1) is 7.40. The summed E-state index contributed by atoms with van der Waals surface area (Å²) in [5, 5.41) is 6.76. The van der Waals surface area contributed by atoms with Crippen molar-refractivity contribution in [1.29, 1.82) is 0 Å². The van der Waals surface area contributed by atoms with Gasteiger partial charge in [0.15, 0.2) is 0 Å². The minimum atomic E-state index is 0.399. The maximum atomic E-state index is 4.41. The van der Waals surface area contributed by atoms with Crippen molar-refractivity contribution >= 4 is 0 Å². The molecule has 0 bridgehead atoms. The lowest BCUT2D eigenvalue weighted by Crippen LogP contribution is -2.22. The lowest BCUT2D eigenvalue weighted by molar-refractivity contribution is 0.424. The molecule has 3 heteroatoms. The molecule has 3 nitrogen and oxygen atoms in total. The average Bonchev–Trinajstić information content (AvgIpc) is 2.80. The summed E-state index contributed by atoms with van der Waals surface area (Å²) in [6.07, 6.45) is 4.35. The SMILES string of the molecule is CNC(CC1CCNC1)c1ccccn1. The Labute approximate surface area is 91.3 Å². The summed E-state index contributed by atoms with van der Waals surface area (Å²) in [7, 11) is 2.02. The van der Waals surface area contributed by atoms with Gasteiger partial charge in [-0.05, 0) is 51.0 Å². The van der Waals surface area contributed by atoms with Gasteiger partial charge in [0.05, 0.1) is 5.69 Å². The Balaban J connectivity index is 1.97. The molecule has 1 aromatic rings. The minimum absolute atomic E-state index is 0.399. The van der Waals surface area contributed by atoms with Gasteiger partial charge in [-0.25, -0.2) is 0 Å². The van der Waals surface area contributed by atoms with Crippen molar-refractivity contribution in [2.75, 3.05) is 20.1 Å². The molecule has 82 valence electrons. The monoisotopic (exact) mass is 205 g/mol. The van der Waals surface area contributed by atoms with E-state index in [1.807, 2.05) is 19.3 Å². The van der Waals surface area contributed by atoms with Crippen LogP contribution < -0.4 is 10.6 Å². The zero-order chi connectivity index (χ0) is 10.5. The van der Waals surface area contributed by atoms with Crippen molar-refractivity contribution in [1.82, 2.24) is 15.6 Å². The maximum absolute atomic E-state index is 4.41. The summed E-state index contributed by atoms with van der Waals surface area (Å²) < 4.78 is 0.